The zero-order valence-corrected chi connectivity index (χ0v) is 14.9. The lowest BCUT2D eigenvalue weighted by molar-refractivity contribution is -0.277. The van der Waals surface area contributed by atoms with Crippen molar-refractivity contribution in [1.29, 1.82) is 0 Å². The molecule has 0 spiro atoms. The van der Waals surface area contributed by atoms with E-state index in [1.54, 1.807) is 0 Å². The third-order valence-corrected chi connectivity index (χ3v) is 4.58. The summed E-state index contributed by atoms with van der Waals surface area (Å²) in [5, 5.41) is 49.0. The Balaban J connectivity index is 1.71. The maximum absolute atomic E-state index is 12.4. The predicted molar refractivity (Wildman–Crippen MR) is 97.0 cm³/mol. The Bertz CT molecular complexity index is 807. The van der Waals surface area contributed by atoms with Gasteiger partial charge in [0.05, 0.1) is 12.2 Å². The van der Waals surface area contributed by atoms with E-state index in [2.05, 4.69) is 0 Å². The first-order valence-electron chi connectivity index (χ1n) is 8.78. The minimum absolute atomic E-state index is 0.0816. The van der Waals surface area contributed by atoms with Gasteiger partial charge in [0.25, 0.3) is 0 Å². The van der Waals surface area contributed by atoms with E-state index >= 15 is 0 Å². The Kier molecular flexibility index (Phi) is 6.28. The van der Waals surface area contributed by atoms with Gasteiger partial charge in [0.1, 0.15) is 35.9 Å². The first-order chi connectivity index (χ1) is 13.4. The summed E-state index contributed by atoms with van der Waals surface area (Å²) >= 11 is 0. The number of aliphatic hydroxyl groups excluding tert-OH is 4. The second kappa shape index (κ2) is 8.68. The minimum atomic E-state index is -1.57. The predicted octanol–water partition coefficient (Wildman–Crippen LogP) is -0.00370. The first kappa shape index (κ1) is 20.2. The van der Waals surface area contributed by atoms with Gasteiger partial charge in [0.2, 0.25) is 6.29 Å². The van der Waals surface area contributed by atoms with Crippen molar-refractivity contribution in [3.8, 4) is 11.5 Å². The number of hydrogen-bond acceptors (Lipinski definition) is 8. The van der Waals surface area contributed by atoms with Crippen molar-refractivity contribution < 1.29 is 39.8 Å². The number of aliphatic hydroxyl groups is 4. The van der Waals surface area contributed by atoms with Crippen LogP contribution in [0.25, 0.3) is 0 Å². The van der Waals surface area contributed by atoms with Gasteiger partial charge in [-0.1, -0.05) is 30.3 Å². The van der Waals surface area contributed by atoms with Crippen molar-refractivity contribution in [3.05, 3.63) is 59.7 Å². The number of hydrogen-bond donors (Lipinski definition) is 5. The molecule has 8 heteroatoms. The van der Waals surface area contributed by atoms with Crippen LogP contribution >= 0.6 is 0 Å². The zero-order chi connectivity index (χ0) is 20.3. The van der Waals surface area contributed by atoms with E-state index < -0.39 is 37.3 Å². The molecule has 0 saturated carbocycles. The molecule has 1 aliphatic heterocycles. The maximum Gasteiger partial charge on any atom is 0.229 e. The number of carbonyl (C=O) groups excluding carboxylic acids is 1. The molecule has 3 rings (SSSR count). The third kappa shape index (κ3) is 4.32. The molecule has 1 heterocycles. The molecule has 0 bridgehead atoms. The van der Waals surface area contributed by atoms with Crippen LogP contribution in [0.3, 0.4) is 0 Å². The average Bonchev–Trinajstić information content (AvgIpc) is 2.69. The Morgan fingerprint density at radius 1 is 1.00 bits per heavy atom. The summed E-state index contributed by atoms with van der Waals surface area (Å²) in [5.74, 6) is -0.496. The monoisotopic (exact) mass is 390 g/mol. The standard InChI is InChI=1S/C20H22O8/c21-10-16-17(24)18(25)19(26)20(28-16)27-12-6-7-13(15(23)9-12)14(22)8-11-4-2-1-3-5-11/h1-7,9,16-21,23-26H,8,10H2/t16-,17+,18+,19+,20-/m0/s1. The van der Waals surface area contributed by atoms with Gasteiger partial charge >= 0.3 is 0 Å². The van der Waals surface area contributed by atoms with E-state index in [1.807, 2.05) is 30.3 Å². The highest BCUT2D eigenvalue weighted by molar-refractivity contribution is 6.00. The minimum Gasteiger partial charge on any atom is -0.507 e. The summed E-state index contributed by atoms with van der Waals surface area (Å²) in [4.78, 5) is 12.4. The number of phenols is 1. The summed E-state index contributed by atoms with van der Waals surface area (Å²) in [6.45, 7) is -0.580. The number of ether oxygens (including phenoxy) is 2. The smallest absolute Gasteiger partial charge is 0.229 e. The van der Waals surface area contributed by atoms with E-state index in [-0.39, 0.29) is 29.3 Å². The number of aromatic hydroxyl groups is 1. The maximum atomic E-state index is 12.4. The number of Topliss-reactive ketones (excluding diaryl/α,β-unsaturated/α-hetero) is 1. The van der Waals surface area contributed by atoms with Crippen molar-refractivity contribution in [2.75, 3.05) is 6.61 Å². The summed E-state index contributed by atoms with van der Waals surface area (Å²) in [5.41, 5.74) is 0.929. The van der Waals surface area contributed by atoms with Crippen LogP contribution in [0.1, 0.15) is 15.9 Å². The van der Waals surface area contributed by atoms with Crippen LogP contribution < -0.4 is 4.74 Å². The molecule has 5 N–H and O–H groups in total. The molecule has 150 valence electrons. The lowest BCUT2D eigenvalue weighted by atomic mass is 9.99. The molecular formula is C20H22O8. The van der Waals surface area contributed by atoms with E-state index in [9.17, 15) is 30.3 Å². The fraction of sp³-hybridized carbons (Fsp3) is 0.350. The van der Waals surface area contributed by atoms with Gasteiger partial charge in [-0.15, -0.1) is 0 Å². The first-order valence-corrected chi connectivity index (χ1v) is 8.78. The molecule has 2 aromatic carbocycles. The molecule has 5 atom stereocenters. The van der Waals surface area contributed by atoms with E-state index in [0.29, 0.717) is 0 Å². The van der Waals surface area contributed by atoms with Crippen molar-refractivity contribution in [2.24, 2.45) is 0 Å². The molecule has 28 heavy (non-hydrogen) atoms. The number of rotatable bonds is 6. The molecule has 0 amide bonds. The molecule has 1 fully saturated rings. The lowest BCUT2D eigenvalue weighted by Crippen LogP contribution is -2.60. The Labute approximate surface area is 161 Å². The van der Waals surface area contributed by atoms with Gasteiger partial charge in [0, 0.05) is 12.5 Å². The normalized spacial score (nSPS) is 27.4. The molecule has 0 aromatic heterocycles. The fourth-order valence-electron chi connectivity index (χ4n) is 3.00. The molecule has 8 nitrogen and oxygen atoms in total. The van der Waals surface area contributed by atoms with Crippen molar-refractivity contribution in [3.63, 3.8) is 0 Å². The van der Waals surface area contributed by atoms with E-state index in [4.69, 9.17) is 9.47 Å². The second-order valence-corrected chi connectivity index (χ2v) is 6.58. The van der Waals surface area contributed by atoms with Crippen LogP contribution in [-0.4, -0.2) is 68.6 Å². The lowest BCUT2D eigenvalue weighted by Gasteiger charge is -2.39. The van der Waals surface area contributed by atoms with Crippen LogP contribution in [0, 0.1) is 0 Å². The Morgan fingerprint density at radius 3 is 2.36 bits per heavy atom. The van der Waals surface area contributed by atoms with Crippen LogP contribution in [0.15, 0.2) is 48.5 Å². The number of phenolic OH excluding ortho intramolecular Hbond substituents is 1. The fourth-order valence-corrected chi connectivity index (χ4v) is 3.00. The topological polar surface area (TPSA) is 137 Å². The molecule has 1 saturated heterocycles. The highest BCUT2D eigenvalue weighted by Gasteiger charge is 2.44. The summed E-state index contributed by atoms with van der Waals surface area (Å²) in [6, 6.07) is 13.1. The van der Waals surface area contributed by atoms with Gasteiger partial charge in [-0.3, -0.25) is 4.79 Å². The van der Waals surface area contributed by atoms with Crippen LogP contribution in [0.4, 0.5) is 0 Å². The van der Waals surface area contributed by atoms with Crippen molar-refractivity contribution in [2.45, 2.75) is 37.1 Å². The summed E-state index contributed by atoms with van der Waals surface area (Å²) in [7, 11) is 0. The zero-order valence-electron chi connectivity index (χ0n) is 14.9. The van der Waals surface area contributed by atoms with Crippen LogP contribution in [0.5, 0.6) is 11.5 Å². The molecule has 0 aliphatic carbocycles. The Morgan fingerprint density at radius 2 is 1.71 bits per heavy atom. The second-order valence-electron chi connectivity index (χ2n) is 6.58. The quantitative estimate of drug-likeness (QED) is 0.435. The number of benzene rings is 2. The van der Waals surface area contributed by atoms with Gasteiger partial charge in [-0.2, -0.15) is 0 Å². The van der Waals surface area contributed by atoms with E-state index in [0.717, 1.165) is 5.56 Å². The summed E-state index contributed by atoms with van der Waals surface area (Å²) < 4.78 is 10.7. The largest absolute Gasteiger partial charge is 0.507 e. The van der Waals surface area contributed by atoms with Gasteiger partial charge < -0.3 is 35.0 Å². The van der Waals surface area contributed by atoms with Gasteiger partial charge in [-0.05, 0) is 17.7 Å². The van der Waals surface area contributed by atoms with Crippen molar-refractivity contribution >= 4 is 5.78 Å². The van der Waals surface area contributed by atoms with Crippen LogP contribution in [-0.2, 0) is 11.2 Å². The highest BCUT2D eigenvalue weighted by Crippen LogP contribution is 2.29. The van der Waals surface area contributed by atoms with Crippen LogP contribution in [0.2, 0.25) is 0 Å². The number of ketones is 1. The third-order valence-electron chi connectivity index (χ3n) is 4.58. The Hall–Kier alpha value is -2.49. The average molecular weight is 390 g/mol. The summed E-state index contributed by atoms with van der Waals surface area (Å²) in [6.07, 6.45) is -6.99. The van der Waals surface area contributed by atoms with E-state index in [1.165, 1.54) is 18.2 Å². The SMILES string of the molecule is O=C(Cc1ccccc1)c1ccc(O[C@H]2O[C@@H](CO)[C@@H](O)[C@@H](O)[C@H]2O)cc1O. The molecule has 1 aliphatic rings. The van der Waals surface area contributed by atoms with Crippen molar-refractivity contribution in [1.82, 2.24) is 0 Å². The van der Waals surface area contributed by atoms with Gasteiger partial charge in [0.15, 0.2) is 5.78 Å². The molecule has 0 radical (unpaired) electrons. The van der Waals surface area contributed by atoms with Gasteiger partial charge in [-0.25, -0.2) is 0 Å². The highest BCUT2D eigenvalue weighted by atomic mass is 16.7. The molecule has 0 unspecified atom stereocenters. The molecular weight excluding hydrogens is 368 g/mol. The molecule has 2 aromatic rings. The number of carbonyl (C=O) groups is 1.